The van der Waals surface area contributed by atoms with Gasteiger partial charge in [-0.1, -0.05) is 30.3 Å². The Morgan fingerprint density at radius 3 is 2.56 bits per heavy atom. The number of benzene rings is 1. The summed E-state index contributed by atoms with van der Waals surface area (Å²) in [6.45, 7) is 2.11. The molecule has 0 aliphatic rings. The molecule has 0 amide bonds. The Morgan fingerprint density at radius 2 is 1.78 bits per heavy atom. The van der Waals surface area contributed by atoms with Crippen molar-refractivity contribution in [2.24, 2.45) is 0 Å². The van der Waals surface area contributed by atoms with Crippen molar-refractivity contribution in [3.05, 3.63) is 60.7 Å². The van der Waals surface area contributed by atoms with E-state index in [0.717, 1.165) is 11.5 Å². The van der Waals surface area contributed by atoms with Crippen LogP contribution in [0.4, 0.5) is 5.82 Å². The molecule has 4 heteroatoms. The molecule has 2 aromatic heterocycles. The normalized spacial score (nSPS) is 12.5. The summed E-state index contributed by atoms with van der Waals surface area (Å²) in [6.07, 6.45) is 7.35. The first-order valence-electron chi connectivity index (χ1n) is 5.94. The summed E-state index contributed by atoms with van der Waals surface area (Å²) in [5, 5.41) is 3.39. The predicted molar refractivity (Wildman–Crippen MR) is 71.5 cm³/mol. The van der Waals surface area contributed by atoms with Gasteiger partial charge in [0.25, 0.3) is 0 Å². The fourth-order valence-corrected chi connectivity index (χ4v) is 1.99. The fourth-order valence-electron chi connectivity index (χ4n) is 1.99. The molecule has 1 atom stereocenters. The molecule has 0 fully saturated rings. The lowest BCUT2D eigenvalue weighted by Crippen LogP contribution is -2.09. The molecule has 0 radical (unpaired) electrons. The SMILES string of the molecule is C[C@H](Nc1nccn2ccnc12)c1ccccc1. The lowest BCUT2D eigenvalue weighted by Gasteiger charge is -2.15. The van der Waals surface area contributed by atoms with Crippen LogP contribution < -0.4 is 5.32 Å². The maximum absolute atomic E-state index is 4.35. The van der Waals surface area contributed by atoms with Crippen molar-refractivity contribution in [2.45, 2.75) is 13.0 Å². The first kappa shape index (κ1) is 10.8. The van der Waals surface area contributed by atoms with Gasteiger partial charge in [0.2, 0.25) is 0 Å². The van der Waals surface area contributed by atoms with E-state index < -0.39 is 0 Å². The highest BCUT2D eigenvalue weighted by atomic mass is 15.1. The van der Waals surface area contributed by atoms with Crippen molar-refractivity contribution in [3.8, 4) is 0 Å². The van der Waals surface area contributed by atoms with Crippen molar-refractivity contribution < 1.29 is 0 Å². The molecule has 0 saturated carbocycles. The molecule has 4 nitrogen and oxygen atoms in total. The van der Waals surface area contributed by atoms with Crippen molar-refractivity contribution >= 4 is 11.5 Å². The molecule has 0 spiro atoms. The van der Waals surface area contributed by atoms with Gasteiger partial charge >= 0.3 is 0 Å². The number of imidazole rings is 1. The molecular weight excluding hydrogens is 224 g/mol. The third kappa shape index (κ3) is 1.93. The molecule has 1 N–H and O–H groups in total. The van der Waals surface area contributed by atoms with Crippen LogP contribution in [-0.4, -0.2) is 14.4 Å². The van der Waals surface area contributed by atoms with E-state index in [2.05, 4.69) is 34.3 Å². The summed E-state index contributed by atoms with van der Waals surface area (Å²) in [5.41, 5.74) is 2.08. The number of aromatic nitrogens is 3. The summed E-state index contributed by atoms with van der Waals surface area (Å²) < 4.78 is 1.95. The zero-order chi connectivity index (χ0) is 12.4. The van der Waals surface area contributed by atoms with Gasteiger partial charge in [-0.05, 0) is 12.5 Å². The number of hydrogen-bond acceptors (Lipinski definition) is 3. The van der Waals surface area contributed by atoms with E-state index in [-0.39, 0.29) is 6.04 Å². The van der Waals surface area contributed by atoms with Crippen LogP contribution in [0.2, 0.25) is 0 Å². The number of hydrogen-bond donors (Lipinski definition) is 1. The van der Waals surface area contributed by atoms with Crippen molar-refractivity contribution in [2.75, 3.05) is 5.32 Å². The second-order valence-corrected chi connectivity index (χ2v) is 4.21. The number of nitrogens with one attached hydrogen (secondary N) is 1. The fraction of sp³-hybridized carbons (Fsp3) is 0.143. The molecule has 90 valence electrons. The van der Waals surface area contributed by atoms with E-state index in [9.17, 15) is 0 Å². The molecule has 2 heterocycles. The molecule has 0 unspecified atom stereocenters. The monoisotopic (exact) mass is 238 g/mol. The number of rotatable bonds is 3. The van der Waals surface area contributed by atoms with Gasteiger partial charge in [-0.15, -0.1) is 0 Å². The summed E-state index contributed by atoms with van der Waals surface area (Å²) in [5.74, 6) is 0.804. The van der Waals surface area contributed by atoms with Gasteiger partial charge in [0.05, 0.1) is 6.04 Å². The highest BCUT2D eigenvalue weighted by molar-refractivity contribution is 5.62. The Balaban J connectivity index is 1.91. The topological polar surface area (TPSA) is 42.2 Å². The Labute approximate surface area is 105 Å². The molecule has 18 heavy (non-hydrogen) atoms. The number of anilines is 1. The van der Waals surface area contributed by atoms with Crippen molar-refractivity contribution in [1.29, 1.82) is 0 Å². The molecule has 0 bridgehead atoms. The minimum Gasteiger partial charge on any atom is -0.360 e. The standard InChI is InChI=1S/C14H14N4/c1-11(12-5-3-2-4-6-12)17-13-14-16-8-10-18(14)9-7-15-13/h2-11H,1H3,(H,15,17)/t11-/m0/s1. The Hall–Kier alpha value is -2.36. The summed E-state index contributed by atoms with van der Waals surface area (Å²) in [7, 11) is 0. The lowest BCUT2D eigenvalue weighted by atomic mass is 10.1. The largest absolute Gasteiger partial charge is 0.360 e. The minimum absolute atomic E-state index is 0.196. The van der Waals surface area contributed by atoms with Gasteiger partial charge in [-0.2, -0.15) is 0 Å². The molecule has 0 aliphatic carbocycles. The molecule has 1 aromatic carbocycles. The predicted octanol–water partition coefficient (Wildman–Crippen LogP) is 2.90. The average molecular weight is 238 g/mol. The minimum atomic E-state index is 0.196. The van der Waals surface area contributed by atoms with Gasteiger partial charge < -0.3 is 9.72 Å². The number of fused-ring (bicyclic) bond motifs is 1. The first-order chi connectivity index (χ1) is 8.84. The maximum atomic E-state index is 4.35. The van der Waals surface area contributed by atoms with E-state index in [1.807, 2.05) is 35.0 Å². The lowest BCUT2D eigenvalue weighted by molar-refractivity contribution is 0.872. The van der Waals surface area contributed by atoms with E-state index in [0.29, 0.717) is 0 Å². The van der Waals surface area contributed by atoms with Gasteiger partial charge in [-0.25, -0.2) is 9.97 Å². The molecule has 3 aromatic rings. The van der Waals surface area contributed by atoms with Gasteiger partial charge in [0, 0.05) is 24.8 Å². The number of nitrogens with zero attached hydrogens (tertiary/aromatic N) is 3. The van der Waals surface area contributed by atoms with Crippen LogP contribution in [0.25, 0.3) is 5.65 Å². The van der Waals surface area contributed by atoms with Crippen molar-refractivity contribution in [3.63, 3.8) is 0 Å². The van der Waals surface area contributed by atoms with Gasteiger partial charge in [0.1, 0.15) is 0 Å². The van der Waals surface area contributed by atoms with E-state index in [1.165, 1.54) is 5.56 Å². The Kier molecular flexibility index (Phi) is 2.68. The van der Waals surface area contributed by atoms with E-state index in [4.69, 9.17) is 0 Å². The summed E-state index contributed by atoms with van der Waals surface area (Å²) in [6, 6.07) is 10.5. The third-order valence-electron chi connectivity index (χ3n) is 2.96. The maximum Gasteiger partial charge on any atom is 0.180 e. The zero-order valence-electron chi connectivity index (χ0n) is 10.1. The van der Waals surface area contributed by atoms with Crippen LogP contribution in [0.15, 0.2) is 55.1 Å². The van der Waals surface area contributed by atoms with E-state index >= 15 is 0 Å². The zero-order valence-corrected chi connectivity index (χ0v) is 10.1. The van der Waals surface area contributed by atoms with Gasteiger partial charge in [0.15, 0.2) is 11.5 Å². The van der Waals surface area contributed by atoms with Gasteiger partial charge in [-0.3, -0.25) is 0 Å². The van der Waals surface area contributed by atoms with Crippen LogP contribution in [0.1, 0.15) is 18.5 Å². The first-order valence-corrected chi connectivity index (χ1v) is 5.94. The average Bonchev–Trinajstić information content (AvgIpc) is 2.89. The van der Waals surface area contributed by atoms with Crippen LogP contribution >= 0.6 is 0 Å². The molecule has 0 saturated heterocycles. The quantitative estimate of drug-likeness (QED) is 0.763. The van der Waals surface area contributed by atoms with Crippen LogP contribution in [-0.2, 0) is 0 Å². The molecule has 3 rings (SSSR count). The van der Waals surface area contributed by atoms with Crippen LogP contribution in [0.3, 0.4) is 0 Å². The second kappa shape index (κ2) is 4.49. The Bertz CT molecular complexity index is 645. The summed E-state index contributed by atoms with van der Waals surface area (Å²) >= 11 is 0. The van der Waals surface area contributed by atoms with Crippen molar-refractivity contribution in [1.82, 2.24) is 14.4 Å². The third-order valence-corrected chi connectivity index (χ3v) is 2.96. The van der Waals surface area contributed by atoms with Crippen LogP contribution in [0, 0.1) is 0 Å². The smallest absolute Gasteiger partial charge is 0.180 e. The Morgan fingerprint density at radius 1 is 1.06 bits per heavy atom. The highest BCUT2D eigenvalue weighted by Crippen LogP contribution is 2.19. The molecule has 0 aliphatic heterocycles. The van der Waals surface area contributed by atoms with E-state index in [1.54, 1.807) is 12.4 Å². The van der Waals surface area contributed by atoms with Crippen LogP contribution in [0.5, 0.6) is 0 Å². The second-order valence-electron chi connectivity index (χ2n) is 4.21. The molecular formula is C14H14N4. The highest BCUT2D eigenvalue weighted by Gasteiger charge is 2.08. The summed E-state index contributed by atoms with van der Waals surface area (Å²) in [4.78, 5) is 8.65.